The Morgan fingerprint density at radius 3 is 2.31 bits per heavy atom. The Morgan fingerprint density at radius 2 is 1.72 bits per heavy atom. The van der Waals surface area contributed by atoms with Crippen molar-refractivity contribution in [2.24, 2.45) is 4.99 Å². The number of aliphatic imine (C=N–C) groups is 1. The Bertz CT molecular complexity index is 999. The minimum Gasteiger partial charge on any atom is -0.481 e. The van der Waals surface area contributed by atoms with Gasteiger partial charge < -0.3 is 10.2 Å². The zero-order chi connectivity index (χ0) is 21.0. The van der Waals surface area contributed by atoms with Gasteiger partial charge in [-0.05, 0) is 30.2 Å². The van der Waals surface area contributed by atoms with E-state index in [1.807, 2.05) is 0 Å². The highest BCUT2D eigenvalue weighted by molar-refractivity contribution is 6.30. The van der Waals surface area contributed by atoms with Crippen LogP contribution in [0.1, 0.15) is 24.0 Å². The molecular formula is C21H17ClN2O5. The number of rotatable bonds is 7. The molecule has 3 rings (SSSR count). The summed E-state index contributed by atoms with van der Waals surface area (Å²) in [4.78, 5) is 41.3. The normalized spacial score (nSPS) is 16.0. The lowest BCUT2D eigenvalue weighted by Gasteiger charge is -2.25. The molecule has 0 saturated heterocycles. The fourth-order valence-electron chi connectivity index (χ4n) is 2.95. The van der Waals surface area contributed by atoms with E-state index < -0.39 is 23.9 Å². The average molecular weight is 413 g/mol. The van der Waals surface area contributed by atoms with E-state index in [9.17, 15) is 19.5 Å². The molecular weight excluding hydrogens is 396 g/mol. The number of halogens is 1. The molecule has 0 spiro atoms. The first-order valence-corrected chi connectivity index (χ1v) is 9.14. The van der Waals surface area contributed by atoms with E-state index in [2.05, 4.69) is 4.99 Å². The number of amides is 1. The second-order valence-electron chi connectivity index (χ2n) is 6.34. The zero-order valence-electron chi connectivity index (χ0n) is 15.2. The fraction of sp³-hybridized carbons (Fsp3) is 0.143. The summed E-state index contributed by atoms with van der Waals surface area (Å²) in [6.07, 6.45) is 0.910. The van der Waals surface area contributed by atoms with Crippen LogP contribution >= 0.6 is 11.6 Å². The smallest absolute Gasteiger partial charge is 0.326 e. The first kappa shape index (κ1) is 20.3. The molecule has 0 fully saturated rings. The van der Waals surface area contributed by atoms with E-state index >= 15 is 0 Å². The number of hydrogen-bond donors (Lipinski definition) is 2. The topological polar surface area (TPSA) is 107 Å². The van der Waals surface area contributed by atoms with Crippen LogP contribution in [0.15, 0.2) is 65.3 Å². The van der Waals surface area contributed by atoms with Crippen molar-refractivity contribution in [1.29, 1.82) is 0 Å². The van der Waals surface area contributed by atoms with E-state index in [0.717, 1.165) is 4.90 Å². The summed E-state index contributed by atoms with van der Waals surface area (Å²) in [5, 5.41) is 19.2. The van der Waals surface area contributed by atoms with Gasteiger partial charge >= 0.3 is 11.9 Å². The van der Waals surface area contributed by atoms with E-state index in [0.29, 0.717) is 16.1 Å². The maximum Gasteiger partial charge on any atom is 0.326 e. The van der Waals surface area contributed by atoms with Crippen molar-refractivity contribution in [1.82, 2.24) is 4.90 Å². The summed E-state index contributed by atoms with van der Waals surface area (Å²) in [7, 11) is 0. The van der Waals surface area contributed by atoms with Crippen LogP contribution in [0.4, 0.5) is 0 Å². The number of carbonyl (C=O) groups is 3. The summed E-state index contributed by atoms with van der Waals surface area (Å²) in [6, 6.07) is 14.1. The highest BCUT2D eigenvalue weighted by Gasteiger charge is 2.39. The molecule has 0 radical (unpaired) electrons. The van der Waals surface area contributed by atoms with Crippen LogP contribution < -0.4 is 0 Å². The molecule has 0 saturated carbocycles. The van der Waals surface area contributed by atoms with Gasteiger partial charge in [-0.25, -0.2) is 9.79 Å². The third-order valence-corrected chi connectivity index (χ3v) is 4.58. The van der Waals surface area contributed by atoms with Crippen LogP contribution in [0, 0.1) is 0 Å². The summed E-state index contributed by atoms with van der Waals surface area (Å²) >= 11 is 5.88. The molecule has 2 N–H and O–H groups in total. The molecule has 7 nitrogen and oxygen atoms in total. The molecule has 1 heterocycles. The maximum atomic E-state index is 13.1. The van der Waals surface area contributed by atoms with Gasteiger partial charge in [0.05, 0.1) is 0 Å². The maximum absolute atomic E-state index is 13.1. The van der Waals surface area contributed by atoms with Crippen LogP contribution in [0.3, 0.4) is 0 Å². The summed E-state index contributed by atoms with van der Waals surface area (Å²) < 4.78 is 0. The zero-order valence-corrected chi connectivity index (χ0v) is 15.9. The third kappa shape index (κ3) is 4.70. The largest absolute Gasteiger partial charge is 0.481 e. The van der Waals surface area contributed by atoms with Crippen molar-refractivity contribution in [2.75, 3.05) is 0 Å². The van der Waals surface area contributed by atoms with Crippen molar-refractivity contribution in [2.45, 2.75) is 18.9 Å². The van der Waals surface area contributed by atoms with Crippen molar-refractivity contribution in [3.63, 3.8) is 0 Å². The van der Waals surface area contributed by atoms with Gasteiger partial charge in [-0.1, -0.05) is 54.1 Å². The third-order valence-electron chi connectivity index (χ3n) is 4.33. The summed E-state index contributed by atoms with van der Waals surface area (Å²) in [5.74, 6) is -2.86. The molecule has 2 aromatic carbocycles. The molecule has 29 heavy (non-hydrogen) atoms. The molecule has 148 valence electrons. The van der Waals surface area contributed by atoms with Crippen LogP contribution in [0.2, 0.25) is 5.02 Å². The second kappa shape index (κ2) is 8.70. The van der Waals surface area contributed by atoms with E-state index in [1.54, 1.807) is 54.6 Å². The number of carboxylic acid groups (broad SMARTS) is 2. The number of nitrogens with zero attached hydrogens (tertiary/aromatic N) is 2. The minimum atomic E-state index is -1.35. The van der Waals surface area contributed by atoms with Gasteiger partial charge in [-0.2, -0.15) is 0 Å². The van der Waals surface area contributed by atoms with Crippen molar-refractivity contribution in [3.8, 4) is 0 Å². The van der Waals surface area contributed by atoms with Gasteiger partial charge in [0.25, 0.3) is 5.91 Å². The number of carboxylic acids is 2. The van der Waals surface area contributed by atoms with Crippen LogP contribution in [-0.2, 0) is 14.4 Å². The first-order chi connectivity index (χ1) is 13.9. The predicted molar refractivity (Wildman–Crippen MR) is 108 cm³/mol. The summed E-state index contributed by atoms with van der Waals surface area (Å²) in [5.41, 5.74) is 1.29. The van der Waals surface area contributed by atoms with Gasteiger partial charge in [0.2, 0.25) is 0 Å². The number of aliphatic carboxylic acids is 2. The van der Waals surface area contributed by atoms with Crippen molar-refractivity contribution < 1.29 is 24.6 Å². The van der Waals surface area contributed by atoms with E-state index in [-0.39, 0.29) is 24.4 Å². The molecule has 8 heteroatoms. The molecule has 2 aromatic rings. The Labute approximate surface area is 171 Å². The van der Waals surface area contributed by atoms with Gasteiger partial charge in [-0.3, -0.25) is 14.5 Å². The molecule has 0 bridgehead atoms. The van der Waals surface area contributed by atoms with E-state index in [1.165, 1.54) is 6.08 Å². The molecule has 1 aliphatic heterocycles. The van der Waals surface area contributed by atoms with Crippen molar-refractivity contribution >= 4 is 41.4 Å². The van der Waals surface area contributed by atoms with Gasteiger partial charge in [0.15, 0.2) is 0 Å². The quantitative estimate of drug-likeness (QED) is 0.678. The lowest BCUT2D eigenvalue weighted by molar-refractivity contribution is -0.146. The average Bonchev–Trinajstić information content (AvgIpc) is 3.00. The highest BCUT2D eigenvalue weighted by Crippen LogP contribution is 2.26. The van der Waals surface area contributed by atoms with Crippen LogP contribution in [0.25, 0.3) is 6.08 Å². The van der Waals surface area contributed by atoms with Crippen LogP contribution in [-0.4, -0.2) is 44.8 Å². The molecule has 1 aliphatic rings. The fourth-order valence-corrected chi connectivity index (χ4v) is 3.08. The minimum absolute atomic E-state index is 0.0627. The van der Waals surface area contributed by atoms with Gasteiger partial charge in [-0.15, -0.1) is 0 Å². The monoisotopic (exact) mass is 412 g/mol. The predicted octanol–water partition coefficient (Wildman–Crippen LogP) is 3.29. The molecule has 1 amide bonds. The van der Waals surface area contributed by atoms with Crippen molar-refractivity contribution in [3.05, 3.63) is 76.4 Å². The lowest BCUT2D eigenvalue weighted by atomic mass is 10.1. The number of carbonyl (C=O) groups excluding carboxylic acids is 1. The van der Waals surface area contributed by atoms with Gasteiger partial charge in [0.1, 0.15) is 17.6 Å². The Kier molecular flexibility index (Phi) is 6.09. The number of amidine groups is 1. The Morgan fingerprint density at radius 1 is 1.07 bits per heavy atom. The Hall–Kier alpha value is -3.45. The first-order valence-electron chi connectivity index (χ1n) is 8.76. The lowest BCUT2D eigenvalue weighted by Crippen LogP contribution is -2.46. The standard InChI is InChI=1S/C21H17ClN2O5/c22-15-8-6-13(7-9-15)12-16-20(27)24(17(21(28)29)10-11-18(25)26)19(23-16)14-4-2-1-3-5-14/h1-9,12,17H,10-11H2,(H,25,26)(H,28,29)/b16-12-/t17-/m0/s1. The number of hydrogen-bond acceptors (Lipinski definition) is 4. The van der Waals surface area contributed by atoms with Gasteiger partial charge in [0, 0.05) is 17.0 Å². The molecule has 0 aromatic heterocycles. The Balaban J connectivity index is 2.04. The van der Waals surface area contributed by atoms with Crippen LogP contribution in [0.5, 0.6) is 0 Å². The number of benzene rings is 2. The highest BCUT2D eigenvalue weighted by atomic mass is 35.5. The van der Waals surface area contributed by atoms with E-state index in [4.69, 9.17) is 16.7 Å². The molecule has 0 unspecified atom stereocenters. The SMILES string of the molecule is O=C(O)CC[C@@H](C(=O)O)N1C(=O)/C(=C/c2ccc(Cl)cc2)N=C1c1ccccc1. The summed E-state index contributed by atoms with van der Waals surface area (Å²) in [6.45, 7) is 0. The molecule has 0 aliphatic carbocycles. The molecule has 1 atom stereocenters. The second-order valence-corrected chi connectivity index (χ2v) is 6.78.